The van der Waals surface area contributed by atoms with Crippen molar-refractivity contribution in [1.29, 1.82) is 0 Å². The highest BCUT2D eigenvalue weighted by Gasteiger charge is 2.17. The van der Waals surface area contributed by atoms with Crippen LogP contribution < -0.4 is 0 Å². The third kappa shape index (κ3) is 3.04. The van der Waals surface area contributed by atoms with Gasteiger partial charge in [0.25, 0.3) is 0 Å². The molecule has 0 aliphatic heterocycles. The number of nitrogens with zero attached hydrogens (tertiary/aromatic N) is 3. The van der Waals surface area contributed by atoms with Crippen molar-refractivity contribution >= 4 is 15.9 Å². The van der Waals surface area contributed by atoms with E-state index in [1.54, 1.807) is 6.20 Å². The lowest BCUT2D eigenvalue weighted by Crippen LogP contribution is -2.09. The molecular weight excluding hydrogens is 306 g/mol. The molecule has 0 aromatic carbocycles. The van der Waals surface area contributed by atoms with Gasteiger partial charge in [-0.05, 0) is 54.4 Å². The molecule has 0 aliphatic rings. The zero-order valence-electron chi connectivity index (χ0n) is 11.4. The Morgan fingerprint density at radius 3 is 2.79 bits per heavy atom. The second kappa shape index (κ2) is 5.84. The van der Waals surface area contributed by atoms with Crippen molar-refractivity contribution in [3.05, 3.63) is 45.4 Å². The van der Waals surface area contributed by atoms with Gasteiger partial charge in [-0.25, -0.2) is 0 Å². The van der Waals surface area contributed by atoms with Gasteiger partial charge in [-0.2, -0.15) is 5.10 Å². The van der Waals surface area contributed by atoms with Gasteiger partial charge < -0.3 is 5.11 Å². The molecule has 0 fully saturated rings. The second-order valence-corrected chi connectivity index (χ2v) is 5.41. The molecule has 0 amide bonds. The lowest BCUT2D eigenvalue weighted by atomic mass is 10.1. The Bertz CT molecular complexity index is 580. The van der Waals surface area contributed by atoms with Crippen molar-refractivity contribution in [1.82, 2.24) is 14.8 Å². The van der Waals surface area contributed by atoms with Crippen LogP contribution in [0.15, 0.2) is 22.8 Å². The van der Waals surface area contributed by atoms with E-state index in [0.717, 1.165) is 33.7 Å². The summed E-state index contributed by atoms with van der Waals surface area (Å²) in [6.45, 7) is 6.73. The third-order valence-electron chi connectivity index (χ3n) is 3.15. The van der Waals surface area contributed by atoms with Crippen molar-refractivity contribution < 1.29 is 5.11 Å². The van der Waals surface area contributed by atoms with Crippen molar-refractivity contribution in [2.45, 2.75) is 39.8 Å². The molecule has 2 heterocycles. The fourth-order valence-electron chi connectivity index (χ4n) is 2.14. The van der Waals surface area contributed by atoms with Gasteiger partial charge in [-0.15, -0.1) is 0 Å². The quantitative estimate of drug-likeness (QED) is 0.941. The smallest absolute Gasteiger partial charge is 0.0846 e. The average Bonchev–Trinajstić information content (AvgIpc) is 2.66. The van der Waals surface area contributed by atoms with Gasteiger partial charge in [-0.1, -0.05) is 0 Å². The molecule has 0 saturated heterocycles. The van der Waals surface area contributed by atoms with Crippen LogP contribution in [-0.4, -0.2) is 19.9 Å². The van der Waals surface area contributed by atoms with Crippen LogP contribution in [-0.2, 0) is 13.0 Å². The zero-order chi connectivity index (χ0) is 14.0. The number of hydrogen-bond donors (Lipinski definition) is 1. The van der Waals surface area contributed by atoms with Crippen LogP contribution >= 0.6 is 15.9 Å². The maximum Gasteiger partial charge on any atom is 0.0846 e. The van der Waals surface area contributed by atoms with Gasteiger partial charge in [0, 0.05) is 24.9 Å². The number of aliphatic hydroxyl groups is 1. The number of halogens is 1. The summed E-state index contributed by atoms with van der Waals surface area (Å²) < 4.78 is 2.91. The Hall–Kier alpha value is -1.20. The molecule has 0 saturated carbocycles. The first-order chi connectivity index (χ1) is 9.02. The van der Waals surface area contributed by atoms with Gasteiger partial charge >= 0.3 is 0 Å². The molecule has 2 aromatic heterocycles. The maximum absolute atomic E-state index is 10.4. The van der Waals surface area contributed by atoms with E-state index in [1.807, 2.05) is 37.6 Å². The van der Waals surface area contributed by atoms with Gasteiger partial charge in [0.15, 0.2) is 0 Å². The Morgan fingerprint density at radius 2 is 2.16 bits per heavy atom. The van der Waals surface area contributed by atoms with Crippen molar-refractivity contribution in [3.8, 4) is 0 Å². The van der Waals surface area contributed by atoms with Crippen LogP contribution in [0.25, 0.3) is 0 Å². The SMILES string of the molecule is CCn1nc(C)c(Br)c1CC(O)c1ccnc(C)c1. The van der Waals surface area contributed by atoms with E-state index in [4.69, 9.17) is 0 Å². The lowest BCUT2D eigenvalue weighted by molar-refractivity contribution is 0.175. The lowest BCUT2D eigenvalue weighted by Gasteiger charge is -2.13. The number of pyridine rings is 1. The molecule has 0 aliphatic carbocycles. The molecular formula is C14H18BrN3O. The molecule has 5 heteroatoms. The van der Waals surface area contributed by atoms with E-state index in [2.05, 4.69) is 26.0 Å². The Morgan fingerprint density at radius 1 is 1.42 bits per heavy atom. The first kappa shape index (κ1) is 14.2. The molecule has 0 bridgehead atoms. The van der Waals surface area contributed by atoms with Gasteiger partial charge in [0.1, 0.15) is 0 Å². The summed E-state index contributed by atoms with van der Waals surface area (Å²) >= 11 is 3.55. The topological polar surface area (TPSA) is 50.9 Å². The largest absolute Gasteiger partial charge is 0.388 e. The van der Waals surface area contributed by atoms with Gasteiger partial charge in [0.05, 0.1) is 22.0 Å². The second-order valence-electron chi connectivity index (χ2n) is 4.61. The molecule has 2 aromatic rings. The summed E-state index contributed by atoms with van der Waals surface area (Å²) in [6, 6.07) is 3.77. The molecule has 0 spiro atoms. The van der Waals surface area contributed by atoms with Crippen molar-refractivity contribution in [2.75, 3.05) is 0 Å². The zero-order valence-corrected chi connectivity index (χ0v) is 13.0. The van der Waals surface area contributed by atoms with Crippen LogP contribution in [0, 0.1) is 13.8 Å². The minimum Gasteiger partial charge on any atom is -0.388 e. The van der Waals surface area contributed by atoms with Crippen LogP contribution in [0.5, 0.6) is 0 Å². The summed E-state index contributed by atoms with van der Waals surface area (Å²) in [7, 11) is 0. The minimum absolute atomic E-state index is 0.540. The number of aryl methyl sites for hydroxylation is 3. The first-order valence-corrected chi connectivity index (χ1v) is 7.14. The predicted molar refractivity (Wildman–Crippen MR) is 78.0 cm³/mol. The molecule has 2 rings (SSSR count). The summed E-state index contributed by atoms with van der Waals surface area (Å²) in [5.74, 6) is 0. The van der Waals surface area contributed by atoms with E-state index >= 15 is 0 Å². The van der Waals surface area contributed by atoms with Crippen LogP contribution in [0.4, 0.5) is 0 Å². The summed E-state index contributed by atoms with van der Waals surface area (Å²) in [5.41, 5.74) is 3.79. The molecule has 0 radical (unpaired) electrons. The number of aromatic nitrogens is 3. The van der Waals surface area contributed by atoms with Crippen LogP contribution in [0.3, 0.4) is 0 Å². The Balaban J connectivity index is 2.26. The highest BCUT2D eigenvalue weighted by Crippen LogP contribution is 2.26. The highest BCUT2D eigenvalue weighted by atomic mass is 79.9. The summed E-state index contributed by atoms with van der Waals surface area (Å²) in [4.78, 5) is 4.15. The predicted octanol–water partition coefficient (Wildman–Crippen LogP) is 2.95. The van der Waals surface area contributed by atoms with E-state index in [-0.39, 0.29) is 0 Å². The van der Waals surface area contributed by atoms with E-state index in [0.29, 0.717) is 6.42 Å². The van der Waals surface area contributed by atoms with Crippen LogP contribution in [0.2, 0.25) is 0 Å². The molecule has 4 nitrogen and oxygen atoms in total. The third-order valence-corrected chi connectivity index (χ3v) is 4.18. The highest BCUT2D eigenvalue weighted by molar-refractivity contribution is 9.10. The molecule has 1 atom stereocenters. The number of hydrogen-bond acceptors (Lipinski definition) is 3. The van der Waals surface area contributed by atoms with Gasteiger partial charge in [0.2, 0.25) is 0 Å². The molecule has 19 heavy (non-hydrogen) atoms. The fraction of sp³-hybridized carbons (Fsp3) is 0.429. The maximum atomic E-state index is 10.4. The Kier molecular flexibility index (Phi) is 4.37. The van der Waals surface area contributed by atoms with E-state index in [1.165, 1.54) is 0 Å². The van der Waals surface area contributed by atoms with Crippen LogP contribution in [0.1, 0.15) is 35.7 Å². The standard InChI is InChI=1S/C14H18BrN3O/c1-4-18-12(14(15)10(3)17-18)8-13(19)11-5-6-16-9(2)7-11/h5-7,13,19H,4,8H2,1-3H3. The van der Waals surface area contributed by atoms with E-state index in [9.17, 15) is 5.11 Å². The fourth-order valence-corrected chi connectivity index (χ4v) is 2.59. The van der Waals surface area contributed by atoms with Crippen molar-refractivity contribution in [2.24, 2.45) is 0 Å². The van der Waals surface area contributed by atoms with Gasteiger partial charge in [-0.3, -0.25) is 9.67 Å². The monoisotopic (exact) mass is 323 g/mol. The average molecular weight is 324 g/mol. The minimum atomic E-state index is -0.542. The van der Waals surface area contributed by atoms with E-state index < -0.39 is 6.10 Å². The number of rotatable bonds is 4. The molecule has 1 N–H and O–H groups in total. The molecule has 102 valence electrons. The van der Waals surface area contributed by atoms with Crippen molar-refractivity contribution in [3.63, 3.8) is 0 Å². The normalized spacial score (nSPS) is 12.7. The Labute approximate surface area is 121 Å². The summed E-state index contributed by atoms with van der Waals surface area (Å²) in [6.07, 6.45) is 1.73. The summed E-state index contributed by atoms with van der Waals surface area (Å²) in [5, 5.41) is 14.8. The molecule has 1 unspecified atom stereocenters. The first-order valence-electron chi connectivity index (χ1n) is 6.35. The number of aliphatic hydroxyl groups excluding tert-OH is 1.